The zero-order valence-electron chi connectivity index (χ0n) is 14.9. The highest BCUT2D eigenvalue weighted by atomic mass is 32.2. The third-order valence-corrected chi connectivity index (χ3v) is 6.93. The highest BCUT2D eigenvalue weighted by Gasteiger charge is 2.39. The zero-order chi connectivity index (χ0) is 18.5. The molecule has 1 aliphatic heterocycles. The average Bonchev–Trinajstić information content (AvgIpc) is 2.84. The number of rotatable bonds is 3. The Bertz CT molecular complexity index is 996. The molecule has 0 fully saturated rings. The Morgan fingerprint density at radius 3 is 2.73 bits per heavy atom. The summed E-state index contributed by atoms with van der Waals surface area (Å²) in [5.41, 5.74) is 2.92. The van der Waals surface area contributed by atoms with Crippen LogP contribution in [0.2, 0.25) is 0 Å². The van der Waals surface area contributed by atoms with Gasteiger partial charge in [-0.3, -0.25) is 4.79 Å². The van der Waals surface area contributed by atoms with E-state index in [9.17, 15) is 13.2 Å². The van der Waals surface area contributed by atoms with E-state index in [4.69, 9.17) is 0 Å². The van der Waals surface area contributed by atoms with E-state index < -0.39 is 15.4 Å². The molecular weight excluding hydrogens is 348 g/mol. The van der Waals surface area contributed by atoms with Crippen molar-refractivity contribution in [2.45, 2.75) is 49.5 Å². The number of amides is 1. The summed E-state index contributed by atoms with van der Waals surface area (Å²) in [5.74, 6) is -0.115. The molecule has 1 atom stereocenters. The van der Waals surface area contributed by atoms with Crippen molar-refractivity contribution in [1.82, 2.24) is 4.72 Å². The first-order valence-corrected chi connectivity index (χ1v) is 10.3. The molecule has 1 unspecified atom stereocenters. The summed E-state index contributed by atoms with van der Waals surface area (Å²) < 4.78 is 28.8. The second-order valence-electron chi connectivity index (χ2n) is 7.55. The predicted molar refractivity (Wildman–Crippen MR) is 101 cm³/mol. The normalized spacial score (nSPS) is 21.0. The number of sulfonamides is 1. The van der Waals surface area contributed by atoms with E-state index in [1.807, 2.05) is 18.2 Å². The van der Waals surface area contributed by atoms with Crippen LogP contribution in [-0.4, -0.2) is 14.3 Å². The number of hydrogen-bond acceptors (Lipinski definition) is 3. The number of hydrogen-bond donors (Lipinski definition) is 2. The lowest BCUT2D eigenvalue weighted by molar-refractivity contribution is -0.119. The van der Waals surface area contributed by atoms with Gasteiger partial charge in [0, 0.05) is 11.7 Å². The van der Waals surface area contributed by atoms with E-state index in [1.165, 1.54) is 5.56 Å². The summed E-state index contributed by atoms with van der Waals surface area (Å²) in [6.07, 6.45) is 2.72. The minimum Gasteiger partial charge on any atom is -0.325 e. The van der Waals surface area contributed by atoms with Crippen LogP contribution in [0.3, 0.4) is 0 Å². The molecule has 0 saturated carbocycles. The van der Waals surface area contributed by atoms with Crippen LogP contribution in [0.5, 0.6) is 0 Å². The molecule has 6 heteroatoms. The molecule has 136 valence electrons. The highest BCUT2D eigenvalue weighted by molar-refractivity contribution is 7.89. The molecule has 2 aromatic carbocycles. The fourth-order valence-corrected chi connectivity index (χ4v) is 5.12. The fourth-order valence-electron chi connectivity index (χ4n) is 3.85. The largest absolute Gasteiger partial charge is 0.325 e. The molecule has 0 saturated heterocycles. The van der Waals surface area contributed by atoms with Gasteiger partial charge in [-0.2, -0.15) is 0 Å². The van der Waals surface area contributed by atoms with E-state index in [1.54, 1.807) is 32.0 Å². The van der Waals surface area contributed by atoms with Gasteiger partial charge in [0.2, 0.25) is 15.9 Å². The average molecular weight is 370 g/mol. The monoisotopic (exact) mass is 370 g/mol. The molecule has 4 rings (SSSR count). The van der Waals surface area contributed by atoms with Gasteiger partial charge in [-0.25, -0.2) is 13.1 Å². The molecule has 0 aromatic heterocycles. The topological polar surface area (TPSA) is 75.3 Å². The van der Waals surface area contributed by atoms with Crippen LogP contribution >= 0.6 is 0 Å². The van der Waals surface area contributed by atoms with Gasteiger partial charge in [0.25, 0.3) is 0 Å². The van der Waals surface area contributed by atoms with Crippen molar-refractivity contribution in [3.05, 3.63) is 59.2 Å². The Kier molecular flexibility index (Phi) is 3.93. The smallest absolute Gasteiger partial charge is 0.241 e. The first-order chi connectivity index (χ1) is 12.3. The molecule has 2 aromatic rings. The molecular formula is C20H22N2O3S. The van der Waals surface area contributed by atoms with Crippen LogP contribution in [0.15, 0.2) is 47.4 Å². The predicted octanol–water partition coefficient (Wildman–Crippen LogP) is 3.27. The number of benzene rings is 2. The summed E-state index contributed by atoms with van der Waals surface area (Å²) in [5, 5.41) is 2.81. The number of nitrogens with one attached hydrogen (secondary N) is 2. The summed E-state index contributed by atoms with van der Waals surface area (Å²) >= 11 is 0. The molecule has 2 N–H and O–H groups in total. The summed E-state index contributed by atoms with van der Waals surface area (Å²) in [6.45, 7) is 3.60. The second-order valence-corrected chi connectivity index (χ2v) is 9.27. The molecule has 1 heterocycles. The van der Waals surface area contributed by atoms with Crippen LogP contribution in [0.4, 0.5) is 5.69 Å². The SMILES string of the molecule is CC1(C)C(=O)Nc2ccc(S(=O)(=O)NC3CCCc4ccccc43)cc21. The first kappa shape index (κ1) is 17.2. The summed E-state index contributed by atoms with van der Waals surface area (Å²) in [6, 6.07) is 12.6. The van der Waals surface area contributed by atoms with Crippen molar-refractivity contribution in [2.24, 2.45) is 0 Å². The molecule has 1 aliphatic carbocycles. The number of aryl methyl sites for hydroxylation is 1. The minimum atomic E-state index is -3.68. The van der Waals surface area contributed by atoms with E-state index in [0.717, 1.165) is 30.4 Å². The van der Waals surface area contributed by atoms with Gasteiger partial charge in [-0.15, -0.1) is 0 Å². The minimum absolute atomic E-state index is 0.115. The van der Waals surface area contributed by atoms with Crippen molar-refractivity contribution < 1.29 is 13.2 Å². The third kappa shape index (κ3) is 2.73. The maximum absolute atomic E-state index is 13.0. The second kappa shape index (κ2) is 5.93. The third-order valence-electron chi connectivity index (χ3n) is 5.46. The van der Waals surface area contributed by atoms with Gasteiger partial charge in [0.1, 0.15) is 0 Å². The summed E-state index contributed by atoms with van der Waals surface area (Å²) in [7, 11) is -3.68. The Labute approximate surface area is 153 Å². The molecule has 2 aliphatic rings. The van der Waals surface area contributed by atoms with Crippen LogP contribution in [0.25, 0.3) is 0 Å². The van der Waals surface area contributed by atoms with Crippen molar-refractivity contribution in [3.63, 3.8) is 0 Å². The maximum Gasteiger partial charge on any atom is 0.241 e. The van der Waals surface area contributed by atoms with E-state index in [-0.39, 0.29) is 16.8 Å². The van der Waals surface area contributed by atoms with Gasteiger partial charge in [-0.1, -0.05) is 24.3 Å². The summed E-state index contributed by atoms with van der Waals surface area (Å²) in [4.78, 5) is 12.3. The number of carbonyl (C=O) groups is 1. The van der Waals surface area contributed by atoms with Gasteiger partial charge >= 0.3 is 0 Å². The Morgan fingerprint density at radius 2 is 1.92 bits per heavy atom. The lowest BCUT2D eigenvalue weighted by atomic mass is 9.86. The molecule has 26 heavy (non-hydrogen) atoms. The first-order valence-electron chi connectivity index (χ1n) is 8.85. The number of fused-ring (bicyclic) bond motifs is 2. The fraction of sp³-hybridized carbons (Fsp3) is 0.350. The van der Waals surface area contributed by atoms with Gasteiger partial charge < -0.3 is 5.32 Å². The van der Waals surface area contributed by atoms with Gasteiger partial charge in [0.15, 0.2) is 0 Å². The molecule has 5 nitrogen and oxygen atoms in total. The van der Waals surface area contributed by atoms with E-state index in [2.05, 4.69) is 16.1 Å². The zero-order valence-corrected chi connectivity index (χ0v) is 15.7. The maximum atomic E-state index is 13.0. The molecule has 0 bridgehead atoms. The Hall–Kier alpha value is -2.18. The van der Waals surface area contributed by atoms with Crippen LogP contribution < -0.4 is 10.0 Å². The van der Waals surface area contributed by atoms with Crippen molar-refractivity contribution >= 4 is 21.6 Å². The Balaban J connectivity index is 1.67. The van der Waals surface area contributed by atoms with Crippen molar-refractivity contribution in [3.8, 4) is 0 Å². The van der Waals surface area contributed by atoms with Crippen molar-refractivity contribution in [2.75, 3.05) is 5.32 Å². The van der Waals surface area contributed by atoms with Gasteiger partial charge in [0.05, 0.1) is 10.3 Å². The van der Waals surface area contributed by atoms with Crippen LogP contribution in [-0.2, 0) is 26.7 Å². The van der Waals surface area contributed by atoms with Gasteiger partial charge in [-0.05, 0) is 68.0 Å². The standard InChI is InChI=1S/C20H22N2O3S/c1-20(2)16-12-14(10-11-18(16)21-19(20)23)26(24,25)22-17-9-5-7-13-6-3-4-8-15(13)17/h3-4,6,8,10-12,17,22H,5,7,9H2,1-2H3,(H,21,23). The molecule has 0 radical (unpaired) electrons. The highest BCUT2D eigenvalue weighted by Crippen LogP contribution is 2.39. The van der Waals surface area contributed by atoms with Crippen molar-refractivity contribution in [1.29, 1.82) is 0 Å². The van der Waals surface area contributed by atoms with E-state index >= 15 is 0 Å². The number of carbonyl (C=O) groups excluding carboxylic acids is 1. The molecule has 0 spiro atoms. The number of anilines is 1. The quantitative estimate of drug-likeness (QED) is 0.871. The van der Waals surface area contributed by atoms with E-state index in [0.29, 0.717) is 5.69 Å². The van der Waals surface area contributed by atoms with Crippen LogP contribution in [0.1, 0.15) is 49.4 Å². The molecule has 1 amide bonds. The lowest BCUT2D eigenvalue weighted by Crippen LogP contribution is -2.31. The van der Waals surface area contributed by atoms with Crippen LogP contribution in [0, 0.1) is 0 Å². The lowest BCUT2D eigenvalue weighted by Gasteiger charge is -2.26. The Morgan fingerprint density at radius 1 is 1.15 bits per heavy atom.